The highest BCUT2D eigenvalue weighted by molar-refractivity contribution is 6.31. The lowest BCUT2D eigenvalue weighted by Crippen LogP contribution is -2.26. The standard InChI is InChI=1S/C14H20ClNO/c1-17-9-8-16-10-13(11-6-7-11)12-4-2-3-5-14(12)15/h2-5,11,13,16H,6-10H2,1H3. The zero-order chi connectivity index (χ0) is 12.1. The summed E-state index contributed by atoms with van der Waals surface area (Å²) in [5, 5.41) is 4.35. The number of hydrogen-bond acceptors (Lipinski definition) is 2. The van der Waals surface area contributed by atoms with E-state index in [1.54, 1.807) is 7.11 Å². The van der Waals surface area contributed by atoms with Crippen LogP contribution in [-0.4, -0.2) is 26.8 Å². The van der Waals surface area contributed by atoms with E-state index in [4.69, 9.17) is 16.3 Å². The van der Waals surface area contributed by atoms with Gasteiger partial charge >= 0.3 is 0 Å². The first-order valence-electron chi connectivity index (χ1n) is 6.27. The van der Waals surface area contributed by atoms with Crippen molar-refractivity contribution in [3.8, 4) is 0 Å². The van der Waals surface area contributed by atoms with Crippen LogP contribution in [0, 0.1) is 5.92 Å². The first-order valence-corrected chi connectivity index (χ1v) is 6.65. The van der Waals surface area contributed by atoms with Crippen molar-refractivity contribution in [2.45, 2.75) is 18.8 Å². The number of rotatable bonds is 7. The molecule has 2 rings (SSSR count). The summed E-state index contributed by atoms with van der Waals surface area (Å²) in [7, 11) is 1.73. The largest absolute Gasteiger partial charge is 0.383 e. The van der Waals surface area contributed by atoms with Crippen LogP contribution in [0.3, 0.4) is 0 Å². The molecule has 17 heavy (non-hydrogen) atoms. The van der Waals surface area contributed by atoms with Gasteiger partial charge in [-0.2, -0.15) is 0 Å². The van der Waals surface area contributed by atoms with E-state index in [1.807, 2.05) is 12.1 Å². The topological polar surface area (TPSA) is 21.3 Å². The molecule has 3 heteroatoms. The highest BCUT2D eigenvalue weighted by Gasteiger charge is 2.32. The predicted molar refractivity (Wildman–Crippen MR) is 71.7 cm³/mol. The second-order valence-corrected chi connectivity index (χ2v) is 5.07. The number of ether oxygens (including phenoxy) is 1. The predicted octanol–water partition coefficient (Wildman–Crippen LogP) is 3.07. The fourth-order valence-electron chi connectivity index (χ4n) is 2.24. The fourth-order valence-corrected chi connectivity index (χ4v) is 2.51. The van der Waals surface area contributed by atoms with Crippen molar-refractivity contribution in [1.82, 2.24) is 5.32 Å². The molecular weight excluding hydrogens is 234 g/mol. The molecule has 1 saturated carbocycles. The Morgan fingerprint density at radius 1 is 1.41 bits per heavy atom. The molecule has 1 aromatic carbocycles. The Morgan fingerprint density at radius 3 is 2.82 bits per heavy atom. The molecule has 0 heterocycles. The van der Waals surface area contributed by atoms with E-state index in [1.165, 1.54) is 18.4 Å². The number of methoxy groups -OCH3 is 1. The van der Waals surface area contributed by atoms with Crippen LogP contribution in [0.1, 0.15) is 24.3 Å². The second kappa shape index (κ2) is 6.39. The van der Waals surface area contributed by atoms with E-state index in [2.05, 4.69) is 17.4 Å². The summed E-state index contributed by atoms with van der Waals surface area (Å²) >= 11 is 6.28. The summed E-state index contributed by atoms with van der Waals surface area (Å²) in [5.41, 5.74) is 1.29. The molecule has 1 aromatic rings. The Morgan fingerprint density at radius 2 is 2.18 bits per heavy atom. The Balaban J connectivity index is 1.95. The van der Waals surface area contributed by atoms with Crippen LogP contribution in [-0.2, 0) is 4.74 Å². The smallest absolute Gasteiger partial charge is 0.0587 e. The molecule has 0 aromatic heterocycles. The number of hydrogen-bond donors (Lipinski definition) is 1. The van der Waals surface area contributed by atoms with Gasteiger partial charge in [-0.1, -0.05) is 29.8 Å². The van der Waals surface area contributed by atoms with E-state index in [0.717, 1.165) is 30.6 Å². The van der Waals surface area contributed by atoms with Gasteiger partial charge in [0.05, 0.1) is 6.61 Å². The van der Waals surface area contributed by atoms with Gasteiger partial charge in [0.1, 0.15) is 0 Å². The Kier molecular flexibility index (Phi) is 4.84. The summed E-state index contributed by atoms with van der Waals surface area (Å²) in [5.74, 6) is 1.37. The van der Waals surface area contributed by atoms with Crippen LogP contribution in [0.4, 0.5) is 0 Å². The van der Waals surface area contributed by atoms with Gasteiger partial charge in [0.15, 0.2) is 0 Å². The molecule has 0 saturated heterocycles. The lowest BCUT2D eigenvalue weighted by atomic mass is 9.94. The zero-order valence-corrected chi connectivity index (χ0v) is 11.0. The minimum Gasteiger partial charge on any atom is -0.383 e. The maximum Gasteiger partial charge on any atom is 0.0587 e. The maximum absolute atomic E-state index is 6.28. The van der Waals surface area contributed by atoms with Gasteiger partial charge in [-0.25, -0.2) is 0 Å². The van der Waals surface area contributed by atoms with Crippen LogP contribution >= 0.6 is 11.6 Å². The second-order valence-electron chi connectivity index (χ2n) is 4.66. The van der Waals surface area contributed by atoms with Crippen molar-refractivity contribution in [3.63, 3.8) is 0 Å². The van der Waals surface area contributed by atoms with Crippen molar-refractivity contribution in [2.24, 2.45) is 5.92 Å². The summed E-state index contributed by atoms with van der Waals surface area (Å²) in [6.07, 6.45) is 2.67. The molecule has 1 atom stereocenters. The summed E-state index contributed by atoms with van der Waals surface area (Å²) in [4.78, 5) is 0. The van der Waals surface area contributed by atoms with Crippen LogP contribution in [0.25, 0.3) is 0 Å². The first kappa shape index (κ1) is 12.9. The monoisotopic (exact) mass is 253 g/mol. The van der Waals surface area contributed by atoms with Gasteiger partial charge in [-0.05, 0) is 30.4 Å². The molecule has 0 spiro atoms. The highest BCUT2D eigenvalue weighted by Crippen LogP contribution is 2.43. The number of nitrogens with one attached hydrogen (secondary N) is 1. The molecule has 2 nitrogen and oxygen atoms in total. The van der Waals surface area contributed by atoms with Gasteiger partial charge in [-0.3, -0.25) is 0 Å². The van der Waals surface area contributed by atoms with Crippen molar-refractivity contribution in [2.75, 3.05) is 26.8 Å². The number of halogens is 1. The number of benzene rings is 1. The van der Waals surface area contributed by atoms with E-state index >= 15 is 0 Å². The lowest BCUT2D eigenvalue weighted by molar-refractivity contribution is 0.198. The Bertz CT molecular complexity index is 352. The minimum absolute atomic E-state index is 0.556. The van der Waals surface area contributed by atoms with Crippen LogP contribution in [0.5, 0.6) is 0 Å². The van der Waals surface area contributed by atoms with Crippen molar-refractivity contribution in [3.05, 3.63) is 34.9 Å². The van der Waals surface area contributed by atoms with E-state index in [-0.39, 0.29) is 0 Å². The average molecular weight is 254 g/mol. The maximum atomic E-state index is 6.28. The zero-order valence-electron chi connectivity index (χ0n) is 10.3. The van der Waals surface area contributed by atoms with Gasteiger partial charge < -0.3 is 10.1 Å². The Hall–Kier alpha value is -0.570. The van der Waals surface area contributed by atoms with Gasteiger partial charge in [0, 0.05) is 31.1 Å². The average Bonchev–Trinajstić information content (AvgIpc) is 3.15. The van der Waals surface area contributed by atoms with Crippen LogP contribution in [0.2, 0.25) is 5.02 Å². The van der Waals surface area contributed by atoms with E-state index in [0.29, 0.717) is 5.92 Å². The molecule has 0 aliphatic heterocycles. The van der Waals surface area contributed by atoms with Gasteiger partial charge in [0.25, 0.3) is 0 Å². The highest BCUT2D eigenvalue weighted by atomic mass is 35.5. The molecule has 1 fully saturated rings. The molecule has 1 aliphatic rings. The molecule has 1 aliphatic carbocycles. The van der Waals surface area contributed by atoms with Crippen molar-refractivity contribution in [1.29, 1.82) is 0 Å². The molecular formula is C14H20ClNO. The van der Waals surface area contributed by atoms with Gasteiger partial charge in [-0.15, -0.1) is 0 Å². The van der Waals surface area contributed by atoms with E-state index < -0.39 is 0 Å². The molecule has 1 unspecified atom stereocenters. The van der Waals surface area contributed by atoms with Crippen molar-refractivity contribution >= 4 is 11.6 Å². The minimum atomic E-state index is 0.556. The molecule has 94 valence electrons. The molecule has 0 bridgehead atoms. The third-order valence-corrected chi connectivity index (χ3v) is 3.69. The molecule has 1 N–H and O–H groups in total. The van der Waals surface area contributed by atoms with Crippen molar-refractivity contribution < 1.29 is 4.74 Å². The first-order chi connectivity index (χ1) is 8.33. The van der Waals surface area contributed by atoms with Crippen LogP contribution in [0.15, 0.2) is 24.3 Å². The summed E-state index contributed by atoms with van der Waals surface area (Å²) in [6.45, 7) is 2.67. The quantitative estimate of drug-likeness (QED) is 0.754. The molecule has 0 amide bonds. The third kappa shape index (κ3) is 3.70. The normalized spacial score (nSPS) is 17.1. The lowest BCUT2D eigenvalue weighted by Gasteiger charge is -2.18. The molecule has 0 radical (unpaired) electrons. The Labute approximate surface area is 108 Å². The SMILES string of the molecule is COCCNCC(c1ccccc1Cl)C1CC1. The fraction of sp³-hybridized carbons (Fsp3) is 0.571. The third-order valence-electron chi connectivity index (χ3n) is 3.34. The van der Waals surface area contributed by atoms with Crippen LogP contribution < -0.4 is 5.32 Å². The summed E-state index contributed by atoms with van der Waals surface area (Å²) < 4.78 is 5.04. The van der Waals surface area contributed by atoms with Gasteiger partial charge in [0.2, 0.25) is 0 Å². The summed E-state index contributed by atoms with van der Waals surface area (Å²) in [6, 6.07) is 8.21. The van der Waals surface area contributed by atoms with E-state index in [9.17, 15) is 0 Å².